The fraction of sp³-hybridized carbons (Fsp3) is 0.714. The predicted octanol–water partition coefficient (Wildman–Crippen LogP) is 2.39. The third-order valence-corrected chi connectivity index (χ3v) is 9.78. The fourth-order valence-corrected chi connectivity index (χ4v) is 7.43. The van der Waals surface area contributed by atoms with E-state index >= 15 is 0 Å². The lowest BCUT2D eigenvalue weighted by atomic mass is 9.59. The van der Waals surface area contributed by atoms with Crippen LogP contribution < -0.4 is 26.0 Å². The number of carbonyl (C=O) groups is 2. The zero-order valence-corrected chi connectivity index (χ0v) is 23.2. The van der Waals surface area contributed by atoms with Crippen LogP contribution in [-0.2, 0) is 14.3 Å². The molecule has 1 saturated heterocycles. The van der Waals surface area contributed by atoms with Crippen LogP contribution >= 0.6 is 11.6 Å². The first-order valence-electron chi connectivity index (χ1n) is 14.1. The molecule has 3 unspecified atom stereocenters. The summed E-state index contributed by atoms with van der Waals surface area (Å²) in [5.41, 5.74) is -2.07. The van der Waals surface area contributed by atoms with Crippen molar-refractivity contribution in [3.05, 3.63) is 29.0 Å². The first-order chi connectivity index (χ1) is 18.7. The van der Waals surface area contributed by atoms with E-state index in [1.165, 1.54) is 18.6 Å². The van der Waals surface area contributed by atoms with Crippen molar-refractivity contribution in [3.63, 3.8) is 0 Å². The number of nitrogens with one attached hydrogen (secondary N) is 4. The summed E-state index contributed by atoms with van der Waals surface area (Å²) in [6.45, 7) is 1.10. The van der Waals surface area contributed by atoms with Crippen LogP contribution in [0.1, 0.15) is 64.2 Å². The Bertz CT molecular complexity index is 1060. The first-order valence-corrected chi connectivity index (χ1v) is 14.5. The molecule has 9 nitrogen and oxygen atoms in total. The van der Waals surface area contributed by atoms with Gasteiger partial charge in [0, 0.05) is 37.7 Å². The summed E-state index contributed by atoms with van der Waals surface area (Å²) in [7, 11) is 1.68. The molecule has 2 bridgehead atoms. The van der Waals surface area contributed by atoms with Crippen molar-refractivity contribution in [1.82, 2.24) is 21.3 Å². The minimum atomic E-state index is -0.819. The predicted molar refractivity (Wildman–Crippen MR) is 144 cm³/mol. The molecular formula is C28H40ClFN4O5. The Labute approximate surface area is 233 Å². The van der Waals surface area contributed by atoms with Crippen LogP contribution in [0.3, 0.4) is 0 Å². The van der Waals surface area contributed by atoms with Crippen LogP contribution in [0.5, 0.6) is 5.75 Å². The largest absolute Gasteiger partial charge is 0.484 e. The topological polar surface area (TPSA) is 121 Å². The van der Waals surface area contributed by atoms with E-state index in [9.17, 15) is 19.1 Å². The lowest BCUT2D eigenvalue weighted by Gasteiger charge is -2.57. The summed E-state index contributed by atoms with van der Waals surface area (Å²) >= 11 is 5.70. The quantitative estimate of drug-likeness (QED) is 0.328. The van der Waals surface area contributed by atoms with Gasteiger partial charge < -0.3 is 30.5 Å². The highest BCUT2D eigenvalue weighted by atomic mass is 35.5. The SMILES string of the molecule is COC1(C2CCCCC2)NCCNC1C(=O)NC12CCC(NC(=O)COc3ccc(Cl)c(F)c3)(CC1)C(O)C2. The van der Waals surface area contributed by atoms with Crippen LogP contribution in [0.25, 0.3) is 0 Å². The summed E-state index contributed by atoms with van der Waals surface area (Å²) in [5.74, 6) is -0.677. The molecule has 4 saturated carbocycles. The minimum Gasteiger partial charge on any atom is -0.484 e. The van der Waals surface area contributed by atoms with E-state index in [0.29, 0.717) is 38.6 Å². The number of benzene rings is 1. The standard InChI is InChI=1S/C28H40ClFN4O5/c1-38-28(18-5-3-2-4-6-18)24(31-13-14-32-28)25(37)34-26-9-11-27(12-10-26,22(35)16-26)33-23(36)17-39-19-7-8-20(29)21(30)15-19/h7-8,15,18,22,24,31-32,35H,2-6,9-14,16-17H2,1H3,(H,33,36)(H,34,37). The van der Waals surface area contributed by atoms with E-state index in [1.54, 1.807) is 7.11 Å². The fourth-order valence-electron chi connectivity index (χ4n) is 7.31. The molecule has 5 aliphatic rings. The van der Waals surface area contributed by atoms with Gasteiger partial charge in [-0.2, -0.15) is 0 Å². The Morgan fingerprint density at radius 3 is 2.54 bits per heavy atom. The van der Waals surface area contributed by atoms with E-state index in [0.717, 1.165) is 38.3 Å². The third kappa shape index (κ3) is 5.63. The van der Waals surface area contributed by atoms with Crippen molar-refractivity contribution in [3.8, 4) is 5.75 Å². The summed E-state index contributed by atoms with van der Waals surface area (Å²) in [6.07, 6.45) is 7.41. The molecule has 216 valence electrons. The molecule has 4 aliphatic carbocycles. The molecule has 2 amide bonds. The van der Waals surface area contributed by atoms with Crippen molar-refractivity contribution in [2.45, 2.75) is 93.2 Å². The molecule has 1 heterocycles. The van der Waals surface area contributed by atoms with E-state index in [2.05, 4.69) is 21.3 Å². The Kier molecular flexibility index (Phi) is 8.41. The van der Waals surface area contributed by atoms with Crippen LogP contribution in [0, 0.1) is 11.7 Å². The Hall–Kier alpha value is -1.98. The summed E-state index contributed by atoms with van der Waals surface area (Å²) in [6, 6.07) is 3.46. The van der Waals surface area contributed by atoms with Gasteiger partial charge in [-0.3, -0.25) is 14.9 Å². The minimum absolute atomic E-state index is 0.0220. The molecule has 5 N–H and O–H groups in total. The smallest absolute Gasteiger partial charge is 0.258 e. The van der Waals surface area contributed by atoms with Crippen molar-refractivity contribution >= 4 is 23.4 Å². The number of rotatable bonds is 8. The van der Waals surface area contributed by atoms with Gasteiger partial charge in [0.05, 0.1) is 16.7 Å². The third-order valence-electron chi connectivity index (χ3n) is 9.47. The number of amides is 2. The van der Waals surface area contributed by atoms with Gasteiger partial charge in [0.2, 0.25) is 5.91 Å². The summed E-state index contributed by atoms with van der Waals surface area (Å²) < 4.78 is 25.2. The van der Waals surface area contributed by atoms with Gasteiger partial charge >= 0.3 is 0 Å². The van der Waals surface area contributed by atoms with Gasteiger partial charge in [0.25, 0.3) is 5.91 Å². The molecule has 3 atom stereocenters. The van der Waals surface area contributed by atoms with Gasteiger partial charge in [0.1, 0.15) is 23.3 Å². The number of methoxy groups -OCH3 is 1. The zero-order chi connectivity index (χ0) is 27.7. The van der Waals surface area contributed by atoms with Crippen molar-refractivity contribution in [2.24, 2.45) is 5.92 Å². The van der Waals surface area contributed by atoms with E-state index in [4.69, 9.17) is 21.1 Å². The maximum Gasteiger partial charge on any atom is 0.258 e. The average Bonchev–Trinajstić information content (AvgIpc) is 2.95. The zero-order valence-electron chi connectivity index (χ0n) is 22.5. The molecule has 5 fully saturated rings. The number of aliphatic hydroxyl groups is 1. The van der Waals surface area contributed by atoms with Crippen LogP contribution in [0.4, 0.5) is 4.39 Å². The van der Waals surface area contributed by atoms with Crippen molar-refractivity contribution < 1.29 is 28.6 Å². The Morgan fingerprint density at radius 1 is 1.13 bits per heavy atom. The maximum absolute atomic E-state index is 13.8. The number of carbonyl (C=O) groups excluding carboxylic acids is 2. The lowest BCUT2D eigenvalue weighted by molar-refractivity contribution is -0.159. The molecule has 0 aromatic heterocycles. The van der Waals surface area contributed by atoms with Gasteiger partial charge in [-0.05, 0) is 57.1 Å². The second-order valence-electron chi connectivity index (χ2n) is 11.7. The number of aliphatic hydroxyl groups excluding tert-OH is 1. The molecule has 1 aromatic rings. The maximum atomic E-state index is 13.8. The Balaban J connectivity index is 1.20. The highest BCUT2D eigenvalue weighted by Crippen LogP contribution is 2.47. The van der Waals surface area contributed by atoms with Gasteiger partial charge in [0.15, 0.2) is 6.61 Å². The van der Waals surface area contributed by atoms with Gasteiger partial charge in [-0.15, -0.1) is 0 Å². The molecule has 1 aromatic carbocycles. The van der Waals surface area contributed by atoms with Crippen LogP contribution in [0.2, 0.25) is 5.02 Å². The molecule has 0 spiro atoms. The lowest BCUT2D eigenvalue weighted by Crippen LogP contribution is -2.76. The average molecular weight is 567 g/mol. The molecule has 1 aliphatic heterocycles. The molecule has 6 rings (SSSR count). The van der Waals surface area contributed by atoms with E-state index in [-0.39, 0.29) is 29.2 Å². The molecule has 0 radical (unpaired) electrons. The number of ether oxygens (including phenoxy) is 2. The summed E-state index contributed by atoms with van der Waals surface area (Å²) in [5, 5.41) is 24.4. The van der Waals surface area contributed by atoms with Gasteiger partial charge in [-0.25, -0.2) is 4.39 Å². The number of halogens is 2. The summed E-state index contributed by atoms with van der Waals surface area (Å²) in [4.78, 5) is 26.5. The van der Waals surface area contributed by atoms with Crippen LogP contribution in [0.15, 0.2) is 18.2 Å². The number of fused-ring (bicyclic) bond motifs is 3. The normalized spacial score (nSPS) is 34.9. The second-order valence-corrected chi connectivity index (χ2v) is 12.1. The number of piperazine rings is 1. The second kappa shape index (κ2) is 11.5. The molecule has 39 heavy (non-hydrogen) atoms. The highest BCUT2D eigenvalue weighted by Gasteiger charge is 2.57. The Morgan fingerprint density at radius 2 is 1.87 bits per heavy atom. The van der Waals surface area contributed by atoms with Crippen LogP contribution in [-0.4, -0.2) is 72.7 Å². The number of hydrogen-bond donors (Lipinski definition) is 5. The highest BCUT2D eigenvalue weighted by molar-refractivity contribution is 6.30. The monoisotopic (exact) mass is 566 g/mol. The number of hydrogen-bond acceptors (Lipinski definition) is 7. The first kappa shape index (κ1) is 28.5. The molecular weight excluding hydrogens is 527 g/mol. The molecule has 11 heteroatoms. The van der Waals surface area contributed by atoms with Crippen molar-refractivity contribution in [1.29, 1.82) is 0 Å². The van der Waals surface area contributed by atoms with E-state index < -0.39 is 40.7 Å². The van der Waals surface area contributed by atoms with Gasteiger partial charge in [-0.1, -0.05) is 30.9 Å². The van der Waals surface area contributed by atoms with E-state index in [1.807, 2.05) is 0 Å². The van der Waals surface area contributed by atoms with Crippen molar-refractivity contribution in [2.75, 3.05) is 26.8 Å².